The Morgan fingerprint density at radius 2 is 2.31 bits per heavy atom. The molecular weight excluding hydrogens is 166 g/mol. The lowest BCUT2D eigenvalue weighted by molar-refractivity contribution is 0.0337. The first-order chi connectivity index (χ1) is 6.22. The predicted octanol–water partition coefficient (Wildman–Crippen LogP) is 1.13. The van der Waals surface area contributed by atoms with E-state index in [4.69, 9.17) is 4.74 Å². The molecule has 0 saturated carbocycles. The van der Waals surface area contributed by atoms with Gasteiger partial charge in [0.05, 0.1) is 7.11 Å². The number of aliphatic hydroxyl groups excluding tert-OH is 1. The highest BCUT2D eigenvalue weighted by atomic mass is 16.5. The zero-order valence-electron chi connectivity index (χ0n) is 7.82. The fraction of sp³-hybridized carbons (Fsp3) is 0.400. The van der Waals surface area contributed by atoms with Crippen molar-refractivity contribution in [1.82, 2.24) is 4.90 Å². The summed E-state index contributed by atoms with van der Waals surface area (Å²) in [6.45, 7) is 0.785. The van der Waals surface area contributed by atoms with Crippen LogP contribution in [0.2, 0.25) is 0 Å². The lowest BCUT2D eigenvalue weighted by Gasteiger charge is -2.12. The van der Waals surface area contributed by atoms with Crippen molar-refractivity contribution in [3.05, 3.63) is 29.3 Å². The average Bonchev–Trinajstić information content (AvgIpc) is 2.42. The van der Waals surface area contributed by atoms with Crippen LogP contribution >= 0.6 is 0 Å². The van der Waals surface area contributed by atoms with Gasteiger partial charge in [-0.3, -0.25) is 4.90 Å². The molecule has 0 aliphatic carbocycles. The van der Waals surface area contributed by atoms with Crippen LogP contribution in [-0.2, 0) is 6.54 Å². The molecule has 0 radical (unpaired) electrons. The van der Waals surface area contributed by atoms with Gasteiger partial charge in [-0.25, -0.2) is 0 Å². The minimum Gasteiger partial charge on any atom is -0.497 e. The van der Waals surface area contributed by atoms with Gasteiger partial charge in [0.1, 0.15) is 12.0 Å². The summed E-state index contributed by atoms with van der Waals surface area (Å²) in [6.07, 6.45) is -0.457. The molecular formula is C10H13NO2. The molecule has 1 atom stereocenters. The maximum absolute atomic E-state index is 9.70. The van der Waals surface area contributed by atoms with E-state index in [0.717, 1.165) is 23.4 Å². The lowest BCUT2D eigenvalue weighted by Crippen LogP contribution is -2.15. The molecule has 3 nitrogen and oxygen atoms in total. The van der Waals surface area contributed by atoms with Crippen molar-refractivity contribution in [3.8, 4) is 5.75 Å². The Hall–Kier alpha value is -1.06. The van der Waals surface area contributed by atoms with Gasteiger partial charge in [-0.1, -0.05) is 6.07 Å². The van der Waals surface area contributed by atoms with Gasteiger partial charge >= 0.3 is 0 Å². The fourth-order valence-corrected chi connectivity index (χ4v) is 1.69. The number of hydrogen-bond donors (Lipinski definition) is 1. The molecule has 1 N–H and O–H groups in total. The molecule has 1 aromatic carbocycles. The summed E-state index contributed by atoms with van der Waals surface area (Å²) >= 11 is 0. The highest BCUT2D eigenvalue weighted by Gasteiger charge is 2.25. The maximum Gasteiger partial charge on any atom is 0.133 e. The number of rotatable bonds is 1. The van der Waals surface area contributed by atoms with Crippen LogP contribution in [-0.4, -0.2) is 24.2 Å². The van der Waals surface area contributed by atoms with Crippen molar-refractivity contribution >= 4 is 0 Å². The van der Waals surface area contributed by atoms with Crippen molar-refractivity contribution in [3.63, 3.8) is 0 Å². The number of ether oxygens (including phenoxy) is 1. The minimum absolute atomic E-state index is 0.457. The highest BCUT2D eigenvalue weighted by molar-refractivity contribution is 5.39. The summed E-state index contributed by atoms with van der Waals surface area (Å²) in [5.74, 6) is 0.848. The standard InChI is InChI=1S/C10H13NO2/c1-11-6-7-5-8(13-2)3-4-9(7)10(11)12/h3-5,10,12H,6H2,1-2H3. The first-order valence-corrected chi connectivity index (χ1v) is 4.27. The van der Waals surface area contributed by atoms with Crippen LogP contribution in [0, 0.1) is 0 Å². The molecule has 13 heavy (non-hydrogen) atoms. The van der Waals surface area contributed by atoms with Crippen molar-refractivity contribution in [2.45, 2.75) is 12.8 Å². The number of hydrogen-bond acceptors (Lipinski definition) is 3. The second-order valence-electron chi connectivity index (χ2n) is 3.35. The number of methoxy groups -OCH3 is 1. The van der Waals surface area contributed by atoms with Gasteiger partial charge in [-0.05, 0) is 24.7 Å². The maximum atomic E-state index is 9.70. The van der Waals surface area contributed by atoms with E-state index in [0.29, 0.717) is 0 Å². The number of fused-ring (bicyclic) bond motifs is 1. The van der Waals surface area contributed by atoms with E-state index in [2.05, 4.69) is 0 Å². The third-order valence-corrected chi connectivity index (χ3v) is 2.47. The molecule has 2 rings (SSSR count). The van der Waals surface area contributed by atoms with Crippen LogP contribution in [0.5, 0.6) is 5.75 Å². The van der Waals surface area contributed by atoms with Crippen molar-refractivity contribution in [1.29, 1.82) is 0 Å². The smallest absolute Gasteiger partial charge is 0.133 e. The SMILES string of the molecule is COc1ccc2c(c1)CN(C)C2O. The summed E-state index contributed by atoms with van der Waals surface area (Å²) in [5.41, 5.74) is 2.14. The van der Waals surface area contributed by atoms with Crippen LogP contribution in [0.1, 0.15) is 17.4 Å². The molecule has 0 aromatic heterocycles. The Labute approximate surface area is 77.6 Å². The predicted molar refractivity (Wildman–Crippen MR) is 49.4 cm³/mol. The molecule has 70 valence electrons. The first kappa shape index (κ1) is 8.53. The zero-order chi connectivity index (χ0) is 9.42. The largest absolute Gasteiger partial charge is 0.497 e. The second-order valence-corrected chi connectivity index (χ2v) is 3.35. The Kier molecular flexibility index (Phi) is 1.98. The highest BCUT2D eigenvalue weighted by Crippen LogP contribution is 2.32. The molecule has 1 aromatic rings. The van der Waals surface area contributed by atoms with E-state index < -0.39 is 6.23 Å². The Bertz CT molecular complexity index is 325. The Morgan fingerprint density at radius 1 is 1.54 bits per heavy atom. The lowest BCUT2D eigenvalue weighted by atomic mass is 10.1. The Balaban J connectivity index is 2.40. The fourth-order valence-electron chi connectivity index (χ4n) is 1.69. The molecule has 0 saturated heterocycles. The van der Waals surface area contributed by atoms with E-state index >= 15 is 0 Å². The van der Waals surface area contributed by atoms with Crippen LogP contribution in [0.15, 0.2) is 18.2 Å². The van der Waals surface area contributed by atoms with Gasteiger partial charge in [0.25, 0.3) is 0 Å². The minimum atomic E-state index is -0.457. The van der Waals surface area contributed by atoms with E-state index in [-0.39, 0.29) is 0 Å². The number of nitrogens with zero attached hydrogens (tertiary/aromatic N) is 1. The topological polar surface area (TPSA) is 32.7 Å². The summed E-state index contributed by atoms with van der Waals surface area (Å²) < 4.78 is 5.11. The molecule has 0 fully saturated rings. The van der Waals surface area contributed by atoms with Gasteiger partial charge in [0, 0.05) is 12.1 Å². The molecule has 1 aliphatic heterocycles. The van der Waals surface area contributed by atoms with E-state index in [1.165, 1.54) is 0 Å². The first-order valence-electron chi connectivity index (χ1n) is 4.27. The molecule has 3 heteroatoms. The van der Waals surface area contributed by atoms with Crippen LogP contribution in [0.3, 0.4) is 0 Å². The van der Waals surface area contributed by atoms with Gasteiger partial charge in [0.15, 0.2) is 0 Å². The van der Waals surface area contributed by atoms with E-state index in [1.807, 2.05) is 30.1 Å². The quantitative estimate of drug-likeness (QED) is 0.701. The third-order valence-electron chi connectivity index (χ3n) is 2.47. The molecule has 1 heterocycles. The van der Waals surface area contributed by atoms with Gasteiger partial charge in [0.2, 0.25) is 0 Å². The van der Waals surface area contributed by atoms with E-state index in [1.54, 1.807) is 7.11 Å². The summed E-state index contributed by atoms with van der Waals surface area (Å²) in [4.78, 5) is 1.89. The summed E-state index contributed by atoms with van der Waals surface area (Å²) in [5, 5.41) is 9.70. The number of benzene rings is 1. The monoisotopic (exact) mass is 179 g/mol. The van der Waals surface area contributed by atoms with Gasteiger partial charge in [-0.2, -0.15) is 0 Å². The third kappa shape index (κ3) is 1.30. The van der Waals surface area contributed by atoms with E-state index in [9.17, 15) is 5.11 Å². The molecule has 1 unspecified atom stereocenters. The van der Waals surface area contributed by atoms with Gasteiger partial charge in [-0.15, -0.1) is 0 Å². The van der Waals surface area contributed by atoms with Crippen LogP contribution < -0.4 is 4.74 Å². The number of aliphatic hydroxyl groups is 1. The van der Waals surface area contributed by atoms with Crippen molar-refractivity contribution in [2.24, 2.45) is 0 Å². The molecule has 0 amide bonds. The molecule has 0 spiro atoms. The molecule has 0 bridgehead atoms. The Morgan fingerprint density at radius 3 is 3.00 bits per heavy atom. The zero-order valence-corrected chi connectivity index (χ0v) is 7.82. The second kappa shape index (κ2) is 3.01. The van der Waals surface area contributed by atoms with Crippen LogP contribution in [0.4, 0.5) is 0 Å². The summed E-state index contributed by atoms with van der Waals surface area (Å²) in [7, 11) is 3.55. The average molecular weight is 179 g/mol. The van der Waals surface area contributed by atoms with Crippen molar-refractivity contribution in [2.75, 3.05) is 14.2 Å². The van der Waals surface area contributed by atoms with Crippen molar-refractivity contribution < 1.29 is 9.84 Å². The van der Waals surface area contributed by atoms with Gasteiger partial charge < -0.3 is 9.84 Å². The summed E-state index contributed by atoms with van der Waals surface area (Å²) in [6, 6.07) is 5.77. The normalized spacial score (nSPS) is 21.6. The van der Waals surface area contributed by atoms with Crippen LogP contribution in [0.25, 0.3) is 0 Å². The molecule has 1 aliphatic rings.